The van der Waals surface area contributed by atoms with Crippen LogP contribution in [0.4, 0.5) is 13.2 Å². The Hall–Kier alpha value is -2.25. The molecule has 0 aromatic heterocycles. The number of oxime groups is 1. The summed E-state index contributed by atoms with van der Waals surface area (Å²) in [4.78, 5) is 20.5. The van der Waals surface area contributed by atoms with Crippen molar-refractivity contribution in [3.63, 3.8) is 0 Å². The molecule has 1 aliphatic heterocycles. The standard InChI is InChI=1S/C24H23Cl2F3N2O2/c25-20-10-7-17(11-21(20)26)22-12-19(33-30-22)14-31(23(32)16-3-1-2-4-16)13-15-5-8-18(9-6-15)24(27,28)29/h5-11,16,19H,1-4,12-14H2/t19-/m1/s1. The minimum Gasteiger partial charge on any atom is -0.390 e. The SMILES string of the molecule is O=C(C1CCCC1)N(Cc1ccc(C(F)(F)F)cc1)C[C@H]1CC(c2ccc(Cl)c(Cl)c2)=NO1. The van der Waals surface area contributed by atoms with E-state index in [1.165, 1.54) is 12.1 Å². The van der Waals surface area contributed by atoms with Crippen LogP contribution in [0.15, 0.2) is 47.6 Å². The average Bonchev–Trinajstić information content (AvgIpc) is 3.47. The predicted octanol–water partition coefficient (Wildman–Crippen LogP) is 6.72. The van der Waals surface area contributed by atoms with Gasteiger partial charge in [-0.1, -0.05) is 59.4 Å². The van der Waals surface area contributed by atoms with Gasteiger partial charge in [-0.3, -0.25) is 4.79 Å². The summed E-state index contributed by atoms with van der Waals surface area (Å²) in [5.74, 6) is -0.0460. The average molecular weight is 499 g/mol. The van der Waals surface area contributed by atoms with Crippen molar-refractivity contribution in [2.45, 2.75) is 50.9 Å². The van der Waals surface area contributed by atoms with Crippen LogP contribution in [0.1, 0.15) is 48.8 Å². The zero-order chi connectivity index (χ0) is 23.6. The van der Waals surface area contributed by atoms with Gasteiger partial charge < -0.3 is 9.74 Å². The Labute approximate surface area is 200 Å². The van der Waals surface area contributed by atoms with Crippen molar-refractivity contribution < 1.29 is 22.8 Å². The van der Waals surface area contributed by atoms with Crippen LogP contribution < -0.4 is 0 Å². The summed E-state index contributed by atoms with van der Waals surface area (Å²) in [6, 6.07) is 10.2. The first-order chi connectivity index (χ1) is 15.7. The van der Waals surface area contributed by atoms with Crippen molar-refractivity contribution >= 4 is 34.8 Å². The minimum absolute atomic E-state index is 0.0129. The van der Waals surface area contributed by atoms with Gasteiger partial charge in [0.2, 0.25) is 5.91 Å². The summed E-state index contributed by atoms with van der Waals surface area (Å²) in [6.45, 7) is 0.514. The van der Waals surface area contributed by atoms with E-state index in [1.54, 1.807) is 17.0 Å². The van der Waals surface area contributed by atoms with E-state index < -0.39 is 11.7 Å². The quantitative estimate of drug-likeness (QED) is 0.443. The molecular formula is C24H23Cl2F3N2O2. The van der Waals surface area contributed by atoms with Crippen molar-refractivity contribution in [3.05, 3.63) is 69.2 Å². The van der Waals surface area contributed by atoms with Crippen LogP contribution in [0.2, 0.25) is 10.0 Å². The monoisotopic (exact) mass is 498 g/mol. The van der Waals surface area contributed by atoms with Crippen LogP contribution in [-0.4, -0.2) is 29.2 Å². The van der Waals surface area contributed by atoms with Gasteiger partial charge in [0.15, 0.2) is 6.10 Å². The molecule has 4 rings (SSSR count). The summed E-state index contributed by atoms with van der Waals surface area (Å²) in [7, 11) is 0. The molecule has 0 spiro atoms. The molecule has 0 unspecified atom stereocenters. The number of benzene rings is 2. The van der Waals surface area contributed by atoms with Gasteiger partial charge >= 0.3 is 6.18 Å². The Morgan fingerprint density at radius 3 is 2.39 bits per heavy atom. The largest absolute Gasteiger partial charge is 0.416 e. The summed E-state index contributed by atoms with van der Waals surface area (Å²) < 4.78 is 38.7. The molecule has 2 aromatic carbocycles. The van der Waals surface area contributed by atoms with Gasteiger partial charge in [0.1, 0.15) is 0 Å². The van der Waals surface area contributed by atoms with Crippen LogP contribution in [0.25, 0.3) is 0 Å². The molecule has 1 amide bonds. The van der Waals surface area contributed by atoms with Gasteiger partial charge in [-0.05, 0) is 42.7 Å². The number of nitrogens with zero attached hydrogens (tertiary/aromatic N) is 2. The third-order valence-electron chi connectivity index (χ3n) is 6.08. The molecule has 1 atom stereocenters. The smallest absolute Gasteiger partial charge is 0.390 e. The van der Waals surface area contributed by atoms with Crippen molar-refractivity contribution in [1.29, 1.82) is 0 Å². The summed E-state index contributed by atoms with van der Waals surface area (Å²) >= 11 is 12.1. The lowest BCUT2D eigenvalue weighted by Gasteiger charge is -2.27. The summed E-state index contributed by atoms with van der Waals surface area (Å²) in [6.07, 6.45) is -0.580. The number of halogens is 5. The number of carbonyl (C=O) groups excluding carboxylic acids is 1. The highest BCUT2D eigenvalue weighted by Crippen LogP contribution is 2.31. The Morgan fingerprint density at radius 1 is 1.06 bits per heavy atom. The molecule has 0 bridgehead atoms. The highest BCUT2D eigenvalue weighted by Gasteiger charge is 2.33. The van der Waals surface area contributed by atoms with E-state index in [1.807, 2.05) is 6.07 Å². The third kappa shape index (κ3) is 5.82. The Kier molecular flexibility index (Phi) is 7.19. The molecule has 1 fully saturated rings. The maximum atomic E-state index is 13.2. The summed E-state index contributed by atoms with van der Waals surface area (Å²) in [5.41, 5.74) is 1.43. The number of carbonyl (C=O) groups is 1. The molecule has 4 nitrogen and oxygen atoms in total. The molecule has 0 radical (unpaired) electrons. The van der Waals surface area contributed by atoms with E-state index in [4.69, 9.17) is 28.0 Å². The van der Waals surface area contributed by atoms with Gasteiger partial charge in [-0.2, -0.15) is 13.2 Å². The topological polar surface area (TPSA) is 41.9 Å². The first-order valence-electron chi connectivity index (χ1n) is 10.8. The van der Waals surface area contributed by atoms with E-state index in [9.17, 15) is 18.0 Å². The van der Waals surface area contributed by atoms with Gasteiger partial charge in [-0.25, -0.2) is 0 Å². The van der Waals surface area contributed by atoms with Gasteiger partial charge in [-0.15, -0.1) is 0 Å². The van der Waals surface area contributed by atoms with Gasteiger partial charge in [0.05, 0.1) is 27.9 Å². The van der Waals surface area contributed by atoms with E-state index in [0.717, 1.165) is 43.4 Å². The lowest BCUT2D eigenvalue weighted by Crippen LogP contribution is -2.40. The maximum absolute atomic E-state index is 13.2. The van der Waals surface area contributed by atoms with Crippen molar-refractivity contribution in [3.8, 4) is 0 Å². The fourth-order valence-electron chi connectivity index (χ4n) is 4.30. The Balaban J connectivity index is 1.46. The number of rotatable bonds is 6. The van der Waals surface area contributed by atoms with E-state index in [2.05, 4.69) is 5.16 Å². The zero-order valence-electron chi connectivity index (χ0n) is 17.7. The molecule has 2 aromatic rings. The van der Waals surface area contributed by atoms with E-state index >= 15 is 0 Å². The number of alkyl halides is 3. The van der Waals surface area contributed by atoms with E-state index in [-0.39, 0.29) is 24.5 Å². The third-order valence-corrected chi connectivity index (χ3v) is 6.82. The Morgan fingerprint density at radius 2 is 1.76 bits per heavy atom. The molecule has 9 heteroatoms. The van der Waals surface area contributed by atoms with Gasteiger partial charge in [0.25, 0.3) is 0 Å². The first kappa shape index (κ1) is 23.9. The molecule has 33 heavy (non-hydrogen) atoms. The minimum atomic E-state index is -4.39. The van der Waals surface area contributed by atoms with Crippen molar-refractivity contribution in [2.75, 3.05) is 6.54 Å². The summed E-state index contributed by atoms with van der Waals surface area (Å²) in [5, 5.41) is 5.03. The molecule has 2 aliphatic rings. The van der Waals surface area contributed by atoms with E-state index in [0.29, 0.717) is 34.3 Å². The molecule has 0 saturated heterocycles. The highest BCUT2D eigenvalue weighted by molar-refractivity contribution is 6.42. The second-order valence-electron chi connectivity index (χ2n) is 8.49. The number of hydrogen-bond acceptors (Lipinski definition) is 3. The number of amides is 1. The van der Waals surface area contributed by atoms with Crippen molar-refractivity contribution in [2.24, 2.45) is 11.1 Å². The molecule has 0 N–H and O–H groups in total. The first-order valence-corrected chi connectivity index (χ1v) is 11.6. The lowest BCUT2D eigenvalue weighted by molar-refractivity contribution is -0.138. The molecule has 1 heterocycles. The second-order valence-corrected chi connectivity index (χ2v) is 9.31. The van der Waals surface area contributed by atoms with Crippen LogP contribution in [0.5, 0.6) is 0 Å². The van der Waals surface area contributed by atoms with Crippen molar-refractivity contribution in [1.82, 2.24) is 4.90 Å². The molecule has 176 valence electrons. The molecular weight excluding hydrogens is 476 g/mol. The molecule has 1 saturated carbocycles. The van der Waals surface area contributed by atoms with Crippen LogP contribution in [-0.2, 0) is 22.4 Å². The second kappa shape index (κ2) is 9.94. The van der Waals surface area contributed by atoms with Crippen LogP contribution in [0, 0.1) is 5.92 Å². The fourth-order valence-corrected chi connectivity index (χ4v) is 4.60. The predicted molar refractivity (Wildman–Crippen MR) is 121 cm³/mol. The normalized spacial score (nSPS) is 18.8. The lowest BCUT2D eigenvalue weighted by atomic mass is 10.0. The fraction of sp³-hybridized carbons (Fsp3) is 0.417. The Bertz CT molecular complexity index is 1030. The van der Waals surface area contributed by atoms with Crippen LogP contribution >= 0.6 is 23.2 Å². The zero-order valence-corrected chi connectivity index (χ0v) is 19.3. The maximum Gasteiger partial charge on any atom is 0.416 e. The van der Waals surface area contributed by atoms with Gasteiger partial charge in [0, 0.05) is 24.4 Å². The highest BCUT2D eigenvalue weighted by atomic mass is 35.5. The van der Waals surface area contributed by atoms with Crippen LogP contribution in [0.3, 0.4) is 0 Å². The molecule has 1 aliphatic carbocycles. The number of hydrogen-bond donors (Lipinski definition) is 0.